The zero-order valence-corrected chi connectivity index (χ0v) is 17.5. The van der Waals surface area contributed by atoms with Crippen LogP contribution >= 0.6 is 0 Å². The number of hydrogen-bond acceptors (Lipinski definition) is 5. The maximum atomic E-state index is 12.3. The molecule has 4 rings (SSSR count). The van der Waals surface area contributed by atoms with Gasteiger partial charge >= 0.3 is 6.03 Å². The van der Waals surface area contributed by atoms with Gasteiger partial charge in [0.05, 0.1) is 0 Å². The lowest BCUT2D eigenvalue weighted by Gasteiger charge is -2.39. The molecule has 1 aromatic heterocycles. The second kappa shape index (κ2) is 10.2. The van der Waals surface area contributed by atoms with Crippen LogP contribution in [0, 0.1) is 11.8 Å². The molecule has 2 amide bonds. The van der Waals surface area contributed by atoms with Crippen molar-refractivity contribution in [3.8, 4) is 0 Å². The molecule has 0 aromatic carbocycles. The summed E-state index contributed by atoms with van der Waals surface area (Å²) in [6.45, 7) is 0. The highest BCUT2D eigenvalue weighted by Crippen LogP contribution is 2.39. The molecule has 29 heavy (non-hydrogen) atoms. The molecule has 1 heterocycles. The van der Waals surface area contributed by atoms with Crippen LogP contribution in [0.1, 0.15) is 89.9 Å². The van der Waals surface area contributed by atoms with Crippen LogP contribution in [0.3, 0.4) is 0 Å². The van der Waals surface area contributed by atoms with E-state index in [1.54, 1.807) is 0 Å². The first-order chi connectivity index (χ1) is 14.3. The van der Waals surface area contributed by atoms with Gasteiger partial charge in [-0.25, -0.2) is 14.8 Å². The predicted molar refractivity (Wildman–Crippen MR) is 115 cm³/mol. The number of carbonyl (C=O) groups is 1. The first kappa shape index (κ1) is 20.4. The maximum absolute atomic E-state index is 12.3. The number of urea groups is 1. The van der Waals surface area contributed by atoms with E-state index in [9.17, 15) is 4.79 Å². The smallest absolute Gasteiger partial charge is 0.321 e. The quantitative estimate of drug-likeness (QED) is 0.655. The molecule has 1 aromatic rings. The molecule has 0 spiro atoms. The van der Waals surface area contributed by atoms with Crippen molar-refractivity contribution < 1.29 is 4.79 Å². The molecule has 0 radical (unpaired) electrons. The minimum atomic E-state index is -0.216. The van der Waals surface area contributed by atoms with Crippen molar-refractivity contribution in [2.45, 2.75) is 102 Å². The van der Waals surface area contributed by atoms with Gasteiger partial charge in [-0.15, -0.1) is 0 Å². The summed E-state index contributed by atoms with van der Waals surface area (Å²) in [7, 11) is 0. The molecule has 3 fully saturated rings. The first-order valence-electron chi connectivity index (χ1n) is 11.8. The second-order valence-electron chi connectivity index (χ2n) is 9.16. The fourth-order valence-corrected chi connectivity index (χ4v) is 5.63. The summed E-state index contributed by atoms with van der Waals surface area (Å²) < 4.78 is 0. The topological polar surface area (TPSA) is 91.8 Å². The number of amides is 2. The van der Waals surface area contributed by atoms with Crippen LogP contribution in [0.2, 0.25) is 0 Å². The van der Waals surface area contributed by atoms with Crippen molar-refractivity contribution in [1.82, 2.24) is 20.3 Å². The standard InChI is InChI=1S/C22H36N6O/c29-22(25-17-11-5-2-6-12-17)28-21-24-15-23-20(27-21)26-19-14-8-7-13-18(19)16-9-3-1-4-10-16/h15-19H,1-14H2,(H3,23,24,25,26,27,28,29). The van der Waals surface area contributed by atoms with E-state index in [4.69, 9.17) is 0 Å². The monoisotopic (exact) mass is 400 g/mol. The molecule has 3 aliphatic carbocycles. The Morgan fingerprint density at radius 2 is 1.45 bits per heavy atom. The molecule has 0 aliphatic heterocycles. The van der Waals surface area contributed by atoms with E-state index in [0.717, 1.165) is 18.8 Å². The summed E-state index contributed by atoms with van der Waals surface area (Å²) in [5, 5.41) is 9.43. The fraction of sp³-hybridized carbons (Fsp3) is 0.818. The number of carbonyl (C=O) groups excluding carboxylic acids is 1. The summed E-state index contributed by atoms with van der Waals surface area (Å²) in [6, 6.07) is 0.478. The number of rotatable bonds is 5. The van der Waals surface area contributed by atoms with Gasteiger partial charge in [-0.2, -0.15) is 4.98 Å². The highest BCUT2D eigenvalue weighted by molar-refractivity contribution is 5.87. The summed E-state index contributed by atoms with van der Waals surface area (Å²) in [5.74, 6) is 2.45. The van der Waals surface area contributed by atoms with Crippen molar-refractivity contribution in [2.24, 2.45) is 11.8 Å². The molecule has 3 saturated carbocycles. The molecule has 3 N–H and O–H groups in total. The Balaban J connectivity index is 1.34. The number of aromatic nitrogens is 3. The summed E-state index contributed by atoms with van der Waals surface area (Å²) in [4.78, 5) is 25.2. The molecule has 7 nitrogen and oxygen atoms in total. The molecule has 7 heteroatoms. The van der Waals surface area contributed by atoms with Crippen molar-refractivity contribution >= 4 is 17.9 Å². The lowest BCUT2D eigenvalue weighted by molar-refractivity contribution is 0.180. The molecular formula is C22H36N6O. The number of nitrogens with zero attached hydrogens (tertiary/aromatic N) is 3. The summed E-state index contributed by atoms with van der Waals surface area (Å²) in [6.07, 6.45) is 19.2. The Morgan fingerprint density at radius 3 is 2.24 bits per heavy atom. The molecule has 2 unspecified atom stereocenters. The van der Waals surface area contributed by atoms with E-state index in [2.05, 4.69) is 30.9 Å². The third-order valence-corrected chi connectivity index (χ3v) is 7.13. The average molecular weight is 401 g/mol. The largest absolute Gasteiger partial charge is 0.351 e. The minimum absolute atomic E-state index is 0.216. The van der Waals surface area contributed by atoms with Gasteiger partial charge in [0, 0.05) is 12.1 Å². The van der Waals surface area contributed by atoms with Gasteiger partial charge in [0.1, 0.15) is 6.33 Å². The third-order valence-electron chi connectivity index (χ3n) is 7.13. The van der Waals surface area contributed by atoms with Crippen molar-refractivity contribution in [2.75, 3.05) is 10.6 Å². The van der Waals surface area contributed by atoms with Crippen LogP contribution in [-0.2, 0) is 0 Å². The Morgan fingerprint density at radius 1 is 0.793 bits per heavy atom. The number of nitrogens with one attached hydrogen (secondary N) is 3. The van der Waals surface area contributed by atoms with Crippen LogP contribution in [0.15, 0.2) is 6.33 Å². The fourth-order valence-electron chi connectivity index (χ4n) is 5.63. The Hall–Kier alpha value is -1.92. The Kier molecular flexibility index (Phi) is 7.17. The van der Waals surface area contributed by atoms with Gasteiger partial charge in [-0.05, 0) is 37.5 Å². The normalized spacial score (nSPS) is 26.6. The summed E-state index contributed by atoms with van der Waals surface area (Å²) in [5.41, 5.74) is 0. The Bertz CT molecular complexity index is 656. The number of hydrogen-bond donors (Lipinski definition) is 3. The molecule has 160 valence electrons. The van der Waals surface area contributed by atoms with E-state index in [0.29, 0.717) is 23.9 Å². The SMILES string of the molecule is O=C(Nc1ncnc(NC2CCCCC2C2CCCCC2)n1)NC1CCCCC1. The van der Waals surface area contributed by atoms with E-state index in [1.807, 2.05) is 0 Å². The lowest BCUT2D eigenvalue weighted by Crippen LogP contribution is -2.39. The molecule has 0 bridgehead atoms. The van der Waals surface area contributed by atoms with Crippen LogP contribution < -0.4 is 16.0 Å². The molecule has 2 atom stereocenters. The van der Waals surface area contributed by atoms with Crippen molar-refractivity contribution in [3.63, 3.8) is 0 Å². The van der Waals surface area contributed by atoms with E-state index in [-0.39, 0.29) is 12.1 Å². The van der Waals surface area contributed by atoms with Crippen LogP contribution in [0.25, 0.3) is 0 Å². The number of anilines is 2. The first-order valence-corrected chi connectivity index (χ1v) is 11.8. The van der Waals surface area contributed by atoms with Crippen LogP contribution in [0.4, 0.5) is 16.7 Å². The zero-order valence-electron chi connectivity index (χ0n) is 17.5. The van der Waals surface area contributed by atoms with E-state index in [1.165, 1.54) is 83.4 Å². The highest BCUT2D eigenvalue weighted by Gasteiger charge is 2.33. The van der Waals surface area contributed by atoms with Crippen molar-refractivity contribution in [1.29, 1.82) is 0 Å². The van der Waals surface area contributed by atoms with Gasteiger partial charge in [0.25, 0.3) is 0 Å². The Labute approximate surface area is 174 Å². The van der Waals surface area contributed by atoms with Gasteiger partial charge in [-0.3, -0.25) is 5.32 Å². The highest BCUT2D eigenvalue weighted by atomic mass is 16.2. The predicted octanol–water partition coefficient (Wildman–Crippen LogP) is 4.88. The van der Waals surface area contributed by atoms with E-state index < -0.39 is 0 Å². The molecule has 0 saturated heterocycles. The van der Waals surface area contributed by atoms with Crippen LogP contribution in [-0.4, -0.2) is 33.1 Å². The zero-order chi connectivity index (χ0) is 19.9. The van der Waals surface area contributed by atoms with Gasteiger partial charge in [0.2, 0.25) is 11.9 Å². The minimum Gasteiger partial charge on any atom is -0.351 e. The maximum Gasteiger partial charge on any atom is 0.321 e. The van der Waals surface area contributed by atoms with Gasteiger partial charge < -0.3 is 10.6 Å². The second-order valence-corrected chi connectivity index (χ2v) is 9.16. The van der Waals surface area contributed by atoms with Crippen LogP contribution in [0.5, 0.6) is 0 Å². The van der Waals surface area contributed by atoms with Crippen molar-refractivity contribution in [3.05, 3.63) is 6.33 Å². The molecular weight excluding hydrogens is 364 g/mol. The van der Waals surface area contributed by atoms with Gasteiger partial charge in [-0.1, -0.05) is 64.2 Å². The average Bonchev–Trinajstić information content (AvgIpc) is 2.76. The summed E-state index contributed by atoms with van der Waals surface area (Å²) >= 11 is 0. The van der Waals surface area contributed by atoms with E-state index >= 15 is 0 Å². The lowest BCUT2D eigenvalue weighted by atomic mass is 9.71. The third kappa shape index (κ3) is 5.80. The van der Waals surface area contributed by atoms with Gasteiger partial charge in [0.15, 0.2) is 0 Å². The molecule has 3 aliphatic rings.